The van der Waals surface area contributed by atoms with Crippen LogP contribution in [0.3, 0.4) is 0 Å². The van der Waals surface area contributed by atoms with E-state index >= 15 is 0 Å². The summed E-state index contributed by atoms with van der Waals surface area (Å²) in [6, 6.07) is 12.1. The highest BCUT2D eigenvalue weighted by atomic mass is 16.3. The summed E-state index contributed by atoms with van der Waals surface area (Å²) in [6.07, 6.45) is 6.47. The van der Waals surface area contributed by atoms with Gasteiger partial charge in [0.05, 0.1) is 11.3 Å². The molecule has 0 aromatic heterocycles. The number of amides is 1. The third kappa shape index (κ3) is 4.23. The van der Waals surface area contributed by atoms with Gasteiger partial charge in [0.25, 0.3) is 5.91 Å². The average molecular weight is 352 g/mol. The van der Waals surface area contributed by atoms with Crippen LogP contribution in [0.1, 0.15) is 66.4 Å². The normalized spacial score (nSPS) is 15.7. The van der Waals surface area contributed by atoms with Crippen LogP contribution in [0.5, 0.6) is 11.5 Å². The van der Waals surface area contributed by atoms with Crippen LogP contribution >= 0.6 is 0 Å². The van der Waals surface area contributed by atoms with E-state index in [0.29, 0.717) is 11.6 Å². The van der Waals surface area contributed by atoms with Crippen molar-refractivity contribution < 1.29 is 15.0 Å². The smallest absolute Gasteiger partial charge is 0.275 e. The van der Waals surface area contributed by atoms with Gasteiger partial charge >= 0.3 is 0 Å². The van der Waals surface area contributed by atoms with Gasteiger partial charge in [0.15, 0.2) is 0 Å². The Labute approximate surface area is 153 Å². The molecule has 5 nitrogen and oxygen atoms in total. The molecule has 0 atom stereocenters. The number of aromatic hydroxyl groups is 2. The second-order valence-electron chi connectivity index (χ2n) is 6.80. The number of hydrogen-bond acceptors (Lipinski definition) is 4. The van der Waals surface area contributed by atoms with Crippen molar-refractivity contribution in [3.05, 3.63) is 59.2 Å². The monoisotopic (exact) mass is 352 g/mol. The molecule has 0 heterocycles. The third-order valence-corrected chi connectivity index (χ3v) is 4.95. The molecule has 1 amide bonds. The van der Waals surface area contributed by atoms with Crippen molar-refractivity contribution in [1.82, 2.24) is 5.43 Å². The fraction of sp³-hybridized carbons (Fsp3) is 0.333. The molecule has 1 saturated carbocycles. The zero-order valence-electron chi connectivity index (χ0n) is 14.9. The zero-order valence-corrected chi connectivity index (χ0v) is 14.9. The van der Waals surface area contributed by atoms with Gasteiger partial charge in [0, 0.05) is 0 Å². The van der Waals surface area contributed by atoms with E-state index in [4.69, 9.17) is 0 Å². The molecule has 2 aromatic carbocycles. The van der Waals surface area contributed by atoms with Gasteiger partial charge in [-0.2, -0.15) is 5.10 Å². The Morgan fingerprint density at radius 3 is 2.42 bits per heavy atom. The quantitative estimate of drug-likeness (QED) is 0.436. The number of rotatable bonds is 4. The van der Waals surface area contributed by atoms with Crippen molar-refractivity contribution in [2.24, 2.45) is 5.10 Å². The maximum Gasteiger partial charge on any atom is 0.275 e. The Hall–Kier alpha value is -2.82. The highest BCUT2D eigenvalue weighted by Crippen LogP contribution is 2.32. The van der Waals surface area contributed by atoms with Crippen molar-refractivity contribution in [3.63, 3.8) is 0 Å². The molecule has 5 heteroatoms. The molecule has 0 bridgehead atoms. The predicted octanol–water partition coefficient (Wildman–Crippen LogP) is 4.30. The van der Waals surface area contributed by atoms with Crippen LogP contribution < -0.4 is 5.43 Å². The van der Waals surface area contributed by atoms with Crippen LogP contribution in [0.15, 0.2) is 47.6 Å². The van der Waals surface area contributed by atoms with Crippen LogP contribution in [-0.4, -0.2) is 21.8 Å². The number of hydrogen-bond donors (Lipinski definition) is 3. The fourth-order valence-corrected chi connectivity index (χ4v) is 3.40. The van der Waals surface area contributed by atoms with Gasteiger partial charge < -0.3 is 10.2 Å². The lowest BCUT2D eigenvalue weighted by atomic mass is 9.84. The minimum Gasteiger partial charge on any atom is -0.508 e. The minimum atomic E-state index is -0.573. The molecule has 3 N–H and O–H groups in total. The van der Waals surface area contributed by atoms with E-state index in [-0.39, 0.29) is 17.1 Å². The maximum atomic E-state index is 12.1. The molecule has 2 aromatic rings. The number of nitrogens with one attached hydrogen (secondary N) is 1. The second kappa shape index (κ2) is 8.04. The SMILES string of the molecule is CC(=NNC(=O)c1cc(O)ccc1O)c1ccc(C2CCCCC2)cc1. The number of benzene rings is 2. The van der Waals surface area contributed by atoms with E-state index in [9.17, 15) is 15.0 Å². The molecule has 1 fully saturated rings. The Morgan fingerprint density at radius 2 is 1.73 bits per heavy atom. The summed E-state index contributed by atoms with van der Waals surface area (Å²) in [5.74, 6) is -0.211. The Balaban J connectivity index is 1.67. The Kier molecular flexibility index (Phi) is 5.56. The van der Waals surface area contributed by atoms with E-state index in [1.54, 1.807) is 0 Å². The Bertz CT molecular complexity index is 807. The molecule has 0 radical (unpaired) electrons. The standard InChI is InChI=1S/C21H24N2O3/c1-14(22-23-21(26)19-13-18(24)11-12-20(19)25)15-7-9-17(10-8-15)16-5-3-2-4-6-16/h7-13,16,24-25H,2-6H2,1H3,(H,23,26). The first-order valence-electron chi connectivity index (χ1n) is 9.01. The van der Waals surface area contributed by atoms with Crippen LogP contribution in [0.2, 0.25) is 0 Å². The van der Waals surface area contributed by atoms with Crippen molar-refractivity contribution in [1.29, 1.82) is 0 Å². The van der Waals surface area contributed by atoms with E-state index in [1.807, 2.05) is 19.1 Å². The molecule has 136 valence electrons. The van der Waals surface area contributed by atoms with Crippen LogP contribution in [-0.2, 0) is 0 Å². The van der Waals surface area contributed by atoms with E-state index in [1.165, 1.54) is 55.9 Å². The predicted molar refractivity (Wildman–Crippen MR) is 102 cm³/mol. The number of phenols is 2. The van der Waals surface area contributed by atoms with Crippen molar-refractivity contribution in [3.8, 4) is 11.5 Å². The lowest BCUT2D eigenvalue weighted by Crippen LogP contribution is -2.19. The molecule has 0 unspecified atom stereocenters. The average Bonchev–Trinajstić information content (AvgIpc) is 2.68. The largest absolute Gasteiger partial charge is 0.508 e. The lowest BCUT2D eigenvalue weighted by molar-refractivity contribution is 0.0951. The minimum absolute atomic E-state index is 0.0193. The zero-order chi connectivity index (χ0) is 18.5. The second-order valence-corrected chi connectivity index (χ2v) is 6.80. The van der Waals surface area contributed by atoms with Gasteiger partial charge in [0.2, 0.25) is 0 Å². The summed E-state index contributed by atoms with van der Waals surface area (Å²) < 4.78 is 0. The van der Waals surface area contributed by atoms with Crippen LogP contribution in [0.25, 0.3) is 0 Å². The first-order chi connectivity index (χ1) is 12.5. The highest BCUT2D eigenvalue weighted by molar-refractivity contribution is 6.01. The number of carbonyl (C=O) groups excluding carboxylic acids is 1. The van der Waals surface area contributed by atoms with Crippen LogP contribution in [0, 0.1) is 0 Å². The van der Waals surface area contributed by atoms with Crippen molar-refractivity contribution >= 4 is 11.6 Å². The van der Waals surface area contributed by atoms with Gasteiger partial charge in [-0.3, -0.25) is 4.79 Å². The molecule has 0 aliphatic heterocycles. The molecule has 1 aliphatic carbocycles. The summed E-state index contributed by atoms with van der Waals surface area (Å²) in [5, 5.41) is 23.3. The van der Waals surface area contributed by atoms with Gasteiger partial charge in [-0.1, -0.05) is 43.5 Å². The van der Waals surface area contributed by atoms with Crippen molar-refractivity contribution in [2.45, 2.75) is 44.9 Å². The summed E-state index contributed by atoms with van der Waals surface area (Å²) in [5.41, 5.74) is 5.38. The molecule has 0 spiro atoms. The van der Waals surface area contributed by atoms with E-state index in [2.05, 4.69) is 22.7 Å². The maximum absolute atomic E-state index is 12.1. The number of nitrogens with zero attached hydrogens (tertiary/aromatic N) is 1. The van der Waals surface area contributed by atoms with Crippen LogP contribution in [0.4, 0.5) is 0 Å². The molecule has 26 heavy (non-hydrogen) atoms. The van der Waals surface area contributed by atoms with E-state index in [0.717, 1.165) is 5.56 Å². The number of phenolic OH excluding ortho intramolecular Hbond substituents is 2. The molecule has 1 aliphatic rings. The first kappa shape index (κ1) is 18.0. The highest BCUT2D eigenvalue weighted by Gasteiger charge is 2.15. The molecule has 0 saturated heterocycles. The summed E-state index contributed by atoms with van der Waals surface area (Å²) in [7, 11) is 0. The first-order valence-corrected chi connectivity index (χ1v) is 9.01. The molecular weight excluding hydrogens is 328 g/mol. The molecular formula is C21H24N2O3. The number of carbonyl (C=O) groups is 1. The van der Waals surface area contributed by atoms with Gasteiger partial charge in [-0.25, -0.2) is 5.43 Å². The summed E-state index contributed by atoms with van der Waals surface area (Å²) in [6.45, 7) is 1.82. The van der Waals surface area contributed by atoms with Gasteiger partial charge in [0.1, 0.15) is 11.5 Å². The summed E-state index contributed by atoms with van der Waals surface area (Å²) in [4.78, 5) is 12.1. The Morgan fingerprint density at radius 1 is 1.04 bits per heavy atom. The van der Waals surface area contributed by atoms with Gasteiger partial charge in [-0.05, 0) is 55.0 Å². The third-order valence-electron chi connectivity index (χ3n) is 4.95. The lowest BCUT2D eigenvalue weighted by Gasteiger charge is -2.22. The fourth-order valence-electron chi connectivity index (χ4n) is 3.40. The van der Waals surface area contributed by atoms with Gasteiger partial charge in [-0.15, -0.1) is 0 Å². The number of hydrazone groups is 1. The summed E-state index contributed by atoms with van der Waals surface area (Å²) >= 11 is 0. The topological polar surface area (TPSA) is 81.9 Å². The van der Waals surface area contributed by atoms with E-state index < -0.39 is 5.91 Å². The van der Waals surface area contributed by atoms with Crippen molar-refractivity contribution in [2.75, 3.05) is 0 Å². The molecule has 3 rings (SSSR count).